The van der Waals surface area contributed by atoms with Gasteiger partial charge in [-0.25, -0.2) is 0 Å². The Hall–Kier alpha value is -2.13. The third kappa shape index (κ3) is 2.49. The highest BCUT2D eigenvalue weighted by atomic mass is 15.1. The summed E-state index contributed by atoms with van der Waals surface area (Å²) in [6.45, 7) is 7.68. The number of pyridine rings is 1. The van der Waals surface area contributed by atoms with E-state index in [0.717, 1.165) is 25.1 Å². The highest BCUT2D eigenvalue weighted by molar-refractivity contribution is 5.87. The van der Waals surface area contributed by atoms with Gasteiger partial charge in [0.15, 0.2) is 0 Å². The van der Waals surface area contributed by atoms with Crippen molar-refractivity contribution in [3.05, 3.63) is 64.6 Å². The van der Waals surface area contributed by atoms with E-state index in [1.165, 1.54) is 34.9 Å². The van der Waals surface area contributed by atoms with Crippen LogP contribution in [0.4, 0.5) is 0 Å². The molecule has 0 spiro atoms. The van der Waals surface area contributed by atoms with Crippen molar-refractivity contribution in [2.75, 3.05) is 0 Å². The number of nitrogens with zero attached hydrogens (tertiary/aromatic N) is 2. The second kappa shape index (κ2) is 5.68. The zero-order chi connectivity index (χ0) is 17.9. The van der Waals surface area contributed by atoms with Crippen molar-refractivity contribution >= 4 is 10.9 Å². The topological polar surface area (TPSA) is 29.9 Å². The lowest BCUT2D eigenvalue weighted by atomic mass is 9.91. The summed E-state index contributed by atoms with van der Waals surface area (Å²) in [5, 5.41) is 5.37. The highest BCUT2D eigenvalue weighted by Crippen LogP contribution is 2.46. The van der Waals surface area contributed by atoms with E-state index in [0.29, 0.717) is 6.04 Å². The first kappa shape index (κ1) is 16.1. The lowest BCUT2D eigenvalue weighted by molar-refractivity contribution is 0.361. The molecule has 1 aromatic carbocycles. The number of fused-ring (bicyclic) bond motifs is 6. The van der Waals surface area contributed by atoms with Gasteiger partial charge in [-0.05, 0) is 69.4 Å². The van der Waals surface area contributed by atoms with Gasteiger partial charge in [-0.2, -0.15) is 0 Å². The van der Waals surface area contributed by atoms with Crippen LogP contribution in [0.1, 0.15) is 53.9 Å². The lowest BCUT2D eigenvalue weighted by Gasteiger charge is -2.32. The Labute approximate surface area is 155 Å². The van der Waals surface area contributed by atoms with Gasteiger partial charge >= 0.3 is 0 Å². The van der Waals surface area contributed by atoms with Crippen LogP contribution in [-0.2, 0) is 19.4 Å². The standard InChI is InChI=1S/C23H27N3/c1-15-4-7-20-18(12-15)22-19-8-10-23(3,25-19)13-21(22)26(20)11-9-17-6-5-16(2)24-14-17/h4-7,12,14,19,25H,8-11,13H2,1-3H3. The van der Waals surface area contributed by atoms with E-state index in [9.17, 15) is 0 Å². The van der Waals surface area contributed by atoms with Crippen molar-refractivity contribution in [1.82, 2.24) is 14.9 Å². The van der Waals surface area contributed by atoms with Gasteiger partial charge in [-0.15, -0.1) is 0 Å². The number of aromatic nitrogens is 2. The fourth-order valence-corrected chi connectivity index (χ4v) is 5.02. The zero-order valence-corrected chi connectivity index (χ0v) is 16.0. The van der Waals surface area contributed by atoms with Crippen LogP contribution in [0.2, 0.25) is 0 Å². The third-order valence-corrected chi connectivity index (χ3v) is 6.38. The first-order valence-corrected chi connectivity index (χ1v) is 9.83. The molecular formula is C23H27N3. The van der Waals surface area contributed by atoms with Crippen LogP contribution in [0.3, 0.4) is 0 Å². The molecule has 2 bridgehead atoms. The van der Waals surface area contributed by atoms with Crippen LogP contribution < -0.4 is 5.32 Å². The highest BCUT2D eigenvalue weighted by Gasteiger charge is 2.43. The fraction of sp³-hybridized carbons (Fsp3) is 0.435. The summed E-state index contributed by atoms with van der Waals surface area (Å²) >= 11 is 0. The van der Waals surface area contributed by atoms with E-state index in [-0.39, 0.29) is 5.54 Å². The van der Waals surface area contributed by atoms with Crippen molar-refractivity contribution in [3.63, 3.8) is 0 Å². The Balaban J connectivity index is 1.59. The van der Waals surface area contributed by atoms with Gasteiger partial charge < -0.3 is 9.88 Å². The molecule has 1 fully saturated rings. The number of aryl methyl sites for hydroxylation is 4. The van der Waals surface area contributed by atoms with E-state index in [1.54, 1.807) is 11.3 Å². The van der Waals surface area contributed by atoms with Crippen LogP contribution in [0, 0.1) is 13.8 Å². The van der Waals surface area contributed by atoms with Crippen molar-refractivity contribution in [1.29, 1.82) is 0 Å². The fourth-order valence-electron chi connectivity index (χ4n) is 5.02. The molecule has 0 amide bonds. The Morgan fingerprint density at radius 1 is 1.23 bits per heavy atom. The number of hydrogen-bond acceptors (Lipinski definition) is 2. The van der Waals surface area contributed by atoms with Gasteiger partial charge in [0.05, 0.1) is 0 Å². The summed E-state index contributed by atoms with van der Waals surface area (Å²) in [7, 11) is 0. The number of benzene rings is 1. The minimum Gasteiger partial charge on any atom is -0.344 e. The van der Waals surface area contributed by atoms with Crippen LogP contribution in [0.25, 0.3) is 10.9 Å². The van der Waals surface area contributed by atoms with Gasteiger partial charge in [0.2, 0.25) is 0 Å². The predicted molar refractivity (Wildman–Crippen MR) is 107 cm³/mol. The van der Waals surface area contributed by atoms with E-state index in [2.05, 4.69) is 59.0 Å². The van der Waals surface area contributed by atoms with Crippen LogP contribution in [0.15, 0.2) is 36.5 Å². The molecule has 3 heteroatoms. The maximum Gasteiger partial charge on any atom is 0.0486 e. The van der Waals surface area contributed by atoms with E-state index in [1.807, 2.05) is 13.1 Å². The molecule has 26 heavy (non-hydrogen) atoms. The molecule has 4 heterocycles. The molecule has 0 saturated carbocycles. The lowest BCUT2D eigenvalue weighted by Crippen LogP contribution is -2.43. The third-order valence-electron chi connectivity index (χ3n) is 6.38. The second-order valence-corrected chi connectivity index (χ2v) is 8.56. The smallest absolute Gasteiger partial charge is 0.0486 e. The molecule has 2 aliphatic rings. The first-order chi connectivity index (χ1) is 12.5. The monoisotopic (exact) mass is 345 g/mol. The van der Waals surface area contributed by atoms with Gasteiger partial charge in [-0.3, -0.25) is 4.98 Å². The van der Waals surface area contributed by atoms with Gasteiger partial charge in [0.25, 0.3) is 0 Å². The molecule has 5 rings (SSSR count). The Morgan fingerprint density at radius 2 is 2.12 bits per heavy atom. The summed E-state index contributed by atoms with van der Waals surface area (Å²) in [4.78, 5) is 4.47. The molecule has 0 aliphatic carbocycles. The molecule has 134 valence electrons. The van der Waals surface area contributed by atoms with Crippen molar-refractivity contribution in [2.45, 2.75) is 64.6 Å². The van der Waals surface area contributed by atoms with E-state index in [4.69, 9.17) is 0 Å². The largest absolute Gasteiger partial charge is 0.344 e. The van der Waals surface area contributed by atoms with E-state index >= 15 is 0 Å². The maximum atomic E-state index is 4.47. The number of nitrogens with one attached hydrogen (secondary N) is 1. The van der Waals surface area contributed by atoms with Crippen LogP contribution in [-0.4, -0.2) is 15.1 Å². The predicted octanol–water partition coefficient (Wildman–Crippen LogP) is 4.64. The molecule has 2 aliphatic heterocycles. The Kier molecular flexibility index (Phi) is 3.51. The van der Waals surface area contributed by atoms with Gasteiger partial charge in [0.1, 0.15) is 0 Å². The molecule has 2 unspecified atom stereocenters. The van der Waals surface area contributed by atoms with Gasteiger partial charge in [0, 0.05) is 53.0 Å². The SMILES string of the molecule is Cc1ccc2c(c1)c1c(n2CCc2ccc(C)nc2)CC2(C)CCC1N2. The molecule has 3 nitrogen and oxygen atoms in total. The minimum absolute atomic E-state index is 0.268. The molecule has 2 atom stereocenters. The summed E-state index contributed by atoms with van der Waals surface area (Å²) in [6.07, 6.45) is 6.75. The van der Waals surface area contributed by atoms with Crippen molar-refractivity contribution < 1.29 is 0 Å². The van der Waals surface area contributed by atoms with Crippen molar-refractivity contribution in [2.24, 2.45) is 0 Å². The van der Waals surface area contributed by atoms with Crippen LogP contribution in [0.5, 0.6) is 0 Å². The normalized spacial score (nSPS) is 24.2. The van der Waals surface area contributed by atoms with E-state index < -0.39 is 0 Å². The second-order valence-electron chi connectivity index (χ2n) is 8.56. The number of hydrogen-bond donors (Lipinski definition) is 1. The molecular weight excluding hydrogens is 318 g/mol. The van der Waals surface area contributed by atoms with Gasteiger partial charge in [-0.1, -0.05) is 17.7 Å². The minimum atomic E-state index is 0.268. The quantitative estimate of drug-likeness (QED) is 0.750. The van der Waals surface area contributed by atoms with Crippen LogP contribution >= 0.6 is 0 Å². The molecule has 2 aromatic heterocycles. The maximum absolute atomic E-state index is 4.47. The Morgan fingerprint density at radius 3 is 2.92 bits per heavy atom. The average molecular weight is 345 g/mol. The number of rotatable bonds is 3. The first-order valence-electron chi connectivity index (χ1n) is 9.83. The zero-order valence-electron chi connectivity index (χ0n) is 16.0. The Bertz CT molecular complexity index is 983. The average Bonchev–Trinajstić information content (AvgIpc) is 3.09. The summed E-state index contributed by atoms with van der Waals surface area (Å²) in [5.74, 6) is 0. The summed E-state index contributed by atoms with van der Waals surface area (Å²) < 4.78 is 2.60. The summed E-state index contributed by atoms with van der Waals surface area (Å²) in [6, 6.07) is 11.8. The van der Waals surface area contributed by atoms with Crippen molar-refractivity contribution in [3.8, 4) is 0 Å². The molecule has 0 radical (unpaired) electrons. The molecule has 1 saturated heterocycles. The molecule has 3 aromatic rings. The summed E-state index contributed by atoms with van der Waals surface area (Å²) in [5.41, 5.74) is 8.56. The molecule has 1 N–H and O–H groups in total.